The van der Waals surface area contributed by atoms with Crippen LogP contribution in [0.1, 0.15) is 52.7 Å². The van der Waals surface area contributed by atoms with Gasteiger partial charge in [0.25, 0.3) is 0 Å². The molecular weight excluding hydrogens is 328 g/mol. The molecule has 1 heterocycles. The van der Waals surface area contributed by atoms with Crippen molar-refractivity contribution < 1.29 is 14.3 Å². The van der Waals surface area contributed by atoms with Gasteiger partial charge in [0.2, 0.25) is 0 Å². The Bertz CT molecular complexity index is 717. The van der Waals surface area contributed by atoms with Gasteiger partial charge in [0.15, 0.2) is 8.07 Å². The second-order valence-corrected chi connectivity index (χ2v) is 14.1. The van der Waals surface area contributed by atoms with Gasteiger partial charge in [0.1, 0.15) is 11.5 Å². The molecule has 138 valence electrons. The normalized spacial score (nSPS) is 13.1. The van der Waals surface area contributed by atoms with Gasteiger partial charge in [-0.05, 0) is 35.1 Å². The van der Waals surface area contributed by atoms with Gasteiger partial charge < -0.3 is 14.3 Å². The lowest BCUT2D eigenvalue weighted by Crippen LogP contribution is -2.46. The van der Waals surface area contributed by atoms with Gasteiger partial charge in [-0.25, -0.2) is 0 Å². The van der Waals surface area contributed by atoms with Gasteiger partial charge >= 0.3 is 0 Å². The lowest BCUT2D eigenvalue weighted by atomic mass is 9.81. The van der Waals surface area contributed by atoms with Crippen molar-refractivity contribution in [3.8, 4) is 11.5 Å². The summed E-state index contributed by atoms with van der Waals surface area (Å²) >= 11 is 0. The quantitative estimate of drug-likeness (QED) is 0.770. The molecule has 2 aromatic rings. The molecule has 0 saturated heterocycles. The van der Waals surface area contributed by atoms with Crippen LogP contribution < -0.4 is 10.1 Å². The van der Waals surface area contributed by atoms with Crippen LogP contribution in [-0.4, -0.2) is 19.4 Å². The lowest BCUT2D eigenvalue weighted by Gasteiger charge is -2.29. The Balaban J connectivity index is 2.41. The number of hydrogen-bond donors (Lipinski definition) is 1. The smallest absolute Gasteiger partial charge is 0.168 e. The minimum Gasteiger partial charge on any atom is -0.508 e. The molecule has 25 heavy (non-hydrogen) atoms. The molecule has 1 N–H and O–H groups in total. The van der Waals surface area contributed by atoms with Crippen molar-refractivity contribution in [1.29, 1.82) is 0 Å². The largest absolute Gasteiger partial charge is 0.508 e. The van der Waals surface area contributed by atoms with E-state index < -0.39 is 8.07 Å². The highest BCUT2D eigenvalue weighted by molar-refractivity contribution is 6.88. The number of rotatable bonds is 4. The molecule has 0 aliphatic rings. The maximum atomic E-state index is 10.5. The van der Waals surface area contributed by atoms with Crippen molar-refractivity contribution in [3.05, 3.63) is 41.7 Å². The zero-order valence-corrected chi connectivity index (χ0v) is 17.9. The Hall–Kier alpha value is -1.68. The summed E-state index contributed by atoms with van der Waals surface area (Å²) in [6.45, 7) is 17.2. The molecule has 1 aromatic heterocycles. The van der Waals surface area contributed by atoms with Crippen molar-refractivity contribution >= 4 is 13.5 Å². The Labute approximate surface area is 153 Å². The van der Waals surface area contributed by atoms with Crippen molar-refractivity contribution in [2.75, 3.05) is 6.23 Å². The van der Waals surface area contributed by atoms with Gasteiger partial charge in [-0.2, -0.15) is 0 Å². The third-order valence-electron chi connectivity index (χ3n) is 4.49. The van der Waals surface area contributed by atoms with E-state index in [1.807, 2.05) is 24.3 Å². The first-order valence-corrected chi connectivity index (χ1v) is 12.1. The second-order valence-electron chi connectivity index (χ2n) is 9.52. The summed E-state index contributed by atoms with van der Waals surface area (Å²) in [7, 11) is -1.82. The first kappa shape index (κ1) is 19.6. The van der Waals surface area contributed by atoms with Crippen LogP contribution in [-0.2, 0) is 10.8 Å². The molecule has 4 heteroatoms. The van der Waals surface area contributed by atoms with Gasteiger partial charge in [0.05, 0.1) is 17.9 Å². The average Bonchev–Trinajstić information content (AvgIpc) is 2.98. The summed E-state index contributed by atoms with van der Waals surface area (Å²) in [6.07, 6.45) is 2.36. The second kappa shape index (κ2) is 6.56. The topological polar surface area (TPSA) is 42.6 Å². The van der Waals surface area contributed by atoms with Crippen LogP contribution >= 0.6 is 0 Å². The van der Waals surface area contributed by atoms with Gasteiger partial charge in [0, 0.05) is 11.1 Å². The molecule has 0 radical (unpaired) electrons. The van der Waals surface area contributed by atoms with Crippen LogP contribution in [0.4, 0.5) is 0 Å². The Kier molecular flexibility index (Phi) is 5.15. The molecule has 0 fully saturated rings. The molecule has 3 nitrogen and oxygen atoms in total. The standard InChI is InChI=1S/C21H32O3Si/c1-20(2,3)15-13-18(16(12-17(15)22)21(4,5)6)24-14-25(7,8)19-10-9-11-23-19/h9-13,22H,14H2,1-8H3. The van der Waals surface area contributed by atoms with E-state index >= 15 is 0 Å². The zero-order valence-electron chi connectivity index (χ0n) is 16.9. The summed E-state index contributed by atoms with van der Waals surface area (Å²) < 4.78 is 12.0. The van der Waals surface area contributed by atoms with Crippen LogP contribution in [0, 0.1) is 0 Å². The van der Waals surface area contributed by atoms with Gasteiger partial charge in [-0.15, -0.1) is 0 Å². The molecule has 0 unspecified atom stereocenters. The first-order chi connectivity index (χ1) is 11.3. The lowest BCUT2D eigenvalue weighted by molar-refractivity contribution is 0.359. The minimum atomic E-state index is -1.82. The Morgan fingerprint density at radius 3 is 2.08 bits per heavy atom. The average molecular weight is 361 g/mol. The fourth-order valence-corrected chi connectivity index (χ4v) is 4.46. The molecule has 0 bridgehead atoms. The first-order valence-electron chi connectivity index (χ1n) is 8.87. The van der Waals surface area contributed by atoms with Crippen LogP contribution in [0.3, 0.4) is 0 Å². The van der Waals surface area contributed by atoms with E-state index in [-0.39, 0.29) is 10.8 Å². The Morgan fingerprint density at radius 1 is 1.00 bits per heavy atom. The molecule has 0 saturated carbocycles. The Morgan fingerprint density at radius 2 is 1.60 bits per heavy atom. The number of phenolic OH excluding ortho intramolecular Hbond substituents is 1. The van der Waals surface area contributed by atoms with E-state index in [4.69, 9.17) is 9.15 Å². The maximum absolute atomic E-state index is 10.5. The summed E-state index contributed by atoms with van der Waals surface area (Å²) in [5.41, 5.74) is 1.68. The minimum absolute atomic E-state index is 0.112. The fraction of sp³-hybridized carbons (Fsp3) is 0.524. The van der Waals surface area contributed by atoms with Crippen LogP contribution in [0.25, 0.3) is 0 Å². The summed E-state index contributed by atoms with van der Waals surface area (Å²) in [5.74, 6) is 1.20. The van der Waals surface area contributed by atoms with E-state index in [0.717, 1.165) is 22.3 Å². The van der Waals surface area contributed by atoms with E-state index in [1.54, 1.807) is 6.26 Å². The number of aromatic hydroxyl groups is 1. The van der Waals surface area contributed by atoms with Crippen LogP contribution in [0.2, 0.25) is 13.1 Å². The molecule has 1 aromatic carbocycles. The van der Waals surface area contributed by atoms with Crippen molar-refractivity contribution in [2.24, 2.45) is 0 Å². The van der Waals surface area contributed by atoms with Crippen molar-refractivity contribution in [2.45, 2.75) is 65.5 Å². The van der Waals surface area contributed by atoms with E-state index in [2.05, 4.69) is 54.6 Å². The monoisotopic (exact) mass is 360 g/mol. The fourth-order valence-electron chi connectivity index (χ4n) is 2.87. The van der Waals surface area contributed by atoms with E-state index in [1.165, 1.54) is 0 Å². The number of hydrogen-bond acceptors (Lipinski definition) is 3. The maximum Gasteiger partial charge on any atom is 0.168 e. The van der Waals surface area contributed by atoms with Gasteiger partial charge in [-0.3, -0.25) is 0 Å². The summed E-state index contributed by atoms with van der Waals surface area (Å²) in [5, 5.41) is 11.6. The highest BCUT2D eigenvalue weighted by Gasteiger charge is 2.31. The number of benzene rings is 1. The number of phenols is 1. The molecule has 0 amide bonds. The molecule has 0 spiro atoms. The molecule has 2 rings (SSSR count). The molecule has 0 aliphatic heterocycles. The van der Waals surface area contributed by atoms with Crippen LogP contribution in [0.15, 0.2) is 34.9 Å². The molecular formula is C21H32O3Si. The number of ether oxygens (including phenoxy) is 1. The molecule has 0 aliphatic carbocycles. The number of furan rings is 1. The third-order valence-corrected chi connectivity index (χ3v) is 6.98. The molecule has 0 atom stereocenters. The summed E-state index contributed by atoms with van der Waals surface area (Å²) in [6, 6.07) is 7.86. The highest BCUT2D eigenvalue weighted by Crippen LogP contribution is 2.40. The predicted octanol–water partition coefficient (Wildman–Crippen LogP) is 5.11. The van der Waals surface area contributed by atoms with E-state index in [0.29, 0.717) is 12.0 Å². The van der Waals surface area contributed by atoms with E-state index in [9.17, 15) is 5.11 Å². The third kappa shape index (κ3) is 4.49. The summed E-state index contributed by atoms with van der Waals surface area (Å²) in [4.78, 5) is 0. The van der Waals surface area contributed by atoms with Crippen LogP contribution in [0.5, 0.6) is 11.5 Å². The predicted molar refractivity (Wildman–Crippen MR) is 107 cm³/mol. The zero-order chi connectivity index (χ0) is 19.0. The van der Waals surface area contributed by atoms with Crippen molar-refractivity contribution in [1.82, 2.24) is 0 Å². The van der Waals surface area contributed by atoms with Gasteiger partial charge in [-0.1, -0.05) is 54.6 Å². The van der Waals surface area contributed by atoms with Crippen molar-refractivity contribution in [3.63, 3.8) is 0 Å². The highest BCUT2D eigenvalue weighted by atomic mass is 28.3. The SMILES string of the molecule is CC(C)(C)c1cc(OC[Si](C)(C)c2ccco2)c(C(C)(C)C)cc1O.